The number of likely N-dealkylation sites (tertiary alicyclic amines) is 1. The maximum Gasteiger partial charge on any atom is 0.338 e. The van der Waals surface area contributed by atoms with Gasteiger partial charge in [-0.1, -0.05) is 64.1 Å². The van der Waals surface area contributed by atoms with Crippen LogP contribution >= 0.6 is 12.6 Å². The number of pyridine rings is 1. The van der Waals surface area contributed by atoms with Crippen LogP contribution in [0.3, 0.4) is 0 Å². The highest BCUT2D eigenvalue weighted by atomic mass is 32.1. The lowest BCUT2D eigenvalue weighted by molar-refractivity contribution is -0.157. The summed E-state index contributed by atoms with van der Waals surface area (Å²) in [7, 11) is 5.51. The number of hydrogen-bond acceptors (Lipinski definition) is 12. The minimum Gasteiger partial charge on any atom is -0.463 e. The molecule has 6 bridgehead atoms. The van der Waals surface area contributed by atoms with Gasteiger partial charge in [-0.3, -0.25) is 29.2 Å². The van der Waals surface area contributed by atoms with Gasteiger partial charge in [0.1, 0.15) is 18.8 Å². The van der Waals surface area contributed by atoms with Gasteiger partial charge in [0.15, 0.2) is 10.5 Å². The van der Waals surface area contributed by atoms with E-state index < -0.39 is 45.8 Å². The van der Waals surface area contributed by atoms with Gasteiger partial charge in [-0.2, -0.15) is 0 Å². The molecule has 1 spiro atoms. The molecule has 2 aromatic carbocycles. The van der Waals surface area contributed by atoms with Crippen LogP contribution in [0.4, 0.5) is 0 Å². The molecule has 8 rings (SSSR count). The number of aryl methyl sites for hydroxylation is 1. The van der Waals surface area contributed by atoms with E-state index >= 15 is 0 Å². The molecule has 2 aromatic heterocycles. The van der Waals surface area contributed by atoms with Crippen molar-refractivity contribution in [1.82, 2.24) is 40.0 Å². The number of amides is 4. The first-order valence-electron chi connectivity index (χ1n) is 24.9. The number of nitrogens with zero attached hydrogens (tertiary/aromatic N) is 6. The van der Waals surface area contributed by atoms with Crippen molar-refractivity contribution in [3.63, 3.8) is 0 Å². The minimum atomic E-state index is -1.55. The molecule has 0 aliphatic carbocycles. The lowest BCUT2D eigenvalue weighted by atomic mass is 9.84. The van der Waals surface area contributed by atoms with Gasteiger partial charge in [0.25, 0.3) is 11.8 Å². The second kappa shape index (κ2) is 20.9. The van der Waals surface area contributed by atoms with E-state index in [1.807, 2.05) is 70.1 Å². The Morgan fingerprint density at radius 1 is 1.04 bits per heavy atom. The lowest BCUT2D eigenvalue weighted by Gasteiger charge is -2.41. The van der Waals surface area contributed by atoms with Crippen molar-refractivity contribution in [2.24, 2.45) is 11.3 Å². The lowest BCUT2D eigenvalue weighted by Crippen LogP contribution is -2.65. The summed E-state index contributed by atoms with van der Waals surface area (Å²) in [5.74, 6) is -2.55. The number of benzene rings is 2. The van der Waals surface area contributed by atoms with Gasteiger partial charge in [0.05, 0.1) is 30.6 Å². The summed E-state index contributed by atoms with van der Waals surface area (Å²) in [6.07, 6.45) is 6.49. The van der Waals surface area contributed by atoms with Crippen LogP contribution in [0.1, 0.15) is 83.7 Å². The van der Waals surface area contributed by atoms with Crippen molar-refractivity contribution in [2.45, 2.75) is 109 Å². The van der Waals surface area contributed by atoms with E-state index in [-0.39, 0.29) is 56.7 Å². The Kier molecular flexibility index (Phi) is 15.2. The molecule has 0 radical (unpaired) electrons. The van der Waals surface area contributed by atoms with Crippen molar-refractivity contribution >= 4 is 53.1 Å². The van der Waals surface area contributed by atoms with Crippen molar-refractivity contribution < 1.29 is 38.2 Å². The van der Waals surface area contributed by atoms with Crippen LogP contribution in [-0.2, 0) is 57.6 Å². The van der Waals surface area contributed by atoms with E-state index in [0.717, 1.165) is 50.1 Å². The summed E-state index contributed by atoms with van der Waals surface area (Å²) in [6.45, 7) is 13.8. The molecule has 3 saturated heterocycles. The van der Waals surface area contributed by atoms with Gasteiger partial charge in [0, 0.05) is 80.3 Å². The highest BCUT2D eigenvalue weighted by Gasteiger charge is 2.56. The molecule has 1 unspecified atom stereocenters. The van der Waals surface area contributed by atoms with Crippen LogP contribution in [0.15, 0.2) is 72.9 Å². The molecule has 0 saturated carbocycles. The summed E-state index contributed by atoms with van der Waals surface area (Å²) in [6, 6.07) is 16.4. The number of nitrogens with one attached hydrogen (secondary N) is 2. The third-order valence-electron chi connectivity index (χ3n) is 14.4. The second-order valence-corrected chi connectivity index (χ2v) is 21.7. The zero-order chi connectivity index (χ0) is 51.0. The molecule has 3 fully saturated rings. The summed E-state index contributed by atoms with van der Waals surface area (Å²) >= 11 is 4.87. The van der Waals surface area contributed by atoms with E-state index in [4.69, 9.17) is 31.8 Å². The number of fused-ring (bicyclic) bond motifs is 6. The number of carbonyl (C=O) groups excluding carboxylic acids is 5. The minimum absolute atomic E-state index is 0.0652. The molecule has 4 aliphatic rings. The number of thiol groups is 1. The number of hydrogen-bond donors (Lipinski definition) is 3. The Hall–Kier alpha value is -5.59. The number of aromatic nitrogens is 2. The zero-order valence-corrected chi connectivity index (χ0v) is 43.5. The largest absolute Gasteiger partial charge is 0.463 e. The highest BCUT2D eigenvalue weighted by Crippen LogP contribution is 2.42. The Balaban J connectivity index is 1.16. The van der Waals surface area contributed by atoms with Crippen molar-refractivity contribution in [3.8, 4) is 22.4 Å². The molecule has 4 aromatic rings. The van der Waals surface area contributed by atoms with Gasteiger partial charge >= 0.3 is 5.97 Å². The smallest absolute Gasteiger partial charge is 0.338 e. The Labute approximate surface area is 422 Å². The third-order valence-corrected chi connectivity index (χ3v) is 14.9. The molecule has 4 aliphatic heterocycles. The maximum absolute atomic E-state index is 14.9. The van der Waals surface area contributed by atoms with Crippen LogP contribution < -0.4 is 10.7 Å². The molecule has 4 amide bonds. The number of ether oxygens (including phenoxy) is 3. The fourth-order valence-electron chi connectivity index (χ4n) is 10.6. The van der Waals surface area contributed by atoms with Crippen LogP contribution in [0.5, 0.6) is 0 Å². The molecule has 5 atom stereocenters. The van der Waals surface area contributed by atoms with Crippen LogP contribution in [0.2, 0.25) is 0 Å². The third kappa shape index (κ3) is 10.5. The Morgan fingerprint density at radius 2 is 1.82 bits per heavy atom. The molecule has 17 heteroatoms. The molecule has 71 heavy (non-hydrogen) atoms. The number of methoxy groups -OCH3 is 1. The zero-order valence-electron chi connectivity index (χ0n) is 42.6. The fraction of sp³-hybridized carbons (Fsp3) is 0.519. The maximum atomic E-state index is 14.9. The van der Waals surface area contributed by atoms with Crippen LogP contribution in [0.25, 0.3) is 33.3 Å². The van der Waals surface area contributed by atoms with Gasteiger partial charge in [-0.25, -0.2) is 10.2 Å². The predicted octanol–water partition coefficient (Wildman–Crippen LogP) is 5.93. The topological polar surface area (TPSA) is 168 Å². The van der Waals surface area contributed by atoms with Gasteiger partial charge in [-0.15, -0.1) is 12.6 Å². The highest BCUT2D eigenvalue weighted by molar-refractivity contribution is 7.82. The predicted molar refractivity (Wildman–Crippen MR) is 275 cm³/mol. The van der Waals surface area contributed by atoms with E-state index in [1.54, 1.807) is 24.3 Å². The molecule has 16 nitrogen and oxygen atoms in total. The molecular weight excluding hydrogens is 921 g/mol. The second-order valence-electron chi connectivity index (χ2n) is 21.0. The average molecular weight is 991 g/mol. The summed E-state index contributed by atoms with van der Waals surface area (Å²) < 4.78 is 20.5. The van der Waals surface area contributed by atoms with Crippen LogP contribution in [-0.4, -0.2) is 142 Å². The first kappa shape index (κ1) is 51.8. The van der Waals surface area contributed by atoms with E-state index in [0.29, 0.717) is 45.3 Å². The van der Waals surface area contributed by atoms with Gasteiger partial charge in [0.2, 0.25) is 11.8 Å². The average Bonchev–Trinajstić information content (AvgIpc) is 4.02. The van der Waals surface area contributed by atoms with Crippen molar-refractivity contribution in [2.75, 3.05) is 60.7 Å². The summed E-state index contributed by atoms with van der Waals surface area (Å²) in [5, 5.41) is 5.49. The number of likely N-dealkylation sites (N-methyl/N-ethyl adjacent to an activating group) is 1. The molecular formula is C54H70N8O8S. The quantitative estimate of drug-likeness (QED) is 0.0926. The number of hydrazine groups is 1. The Morgan fingerprint density at radius 3 is 2.55 bits per heavy atom. The molecule has 6 heterocycles. The van der Waals surface area contributed by atoms with E-state index in [2.05, 4.69) is 60.3 Å². The molecule has 380 valence electrons. The SMILES string of the molecule is CCn1c(-c2cccnc2[C@H](C)OC)c2c3cc(ccc31)-c1cccc(c1)C[C@H](NC(=O)C(C(C)C)N1CO[C@@]3(CCN(C(=O)/C=C/CN(C)C)C3)C1=O)C(=O)N1CCC[C@@](S)(N1)C(=O)OCC(C)(C)C2. The molecule has 2 N–H and O–H groups in total. The van der Waals surface area contributed by atoms with E-state index in [9.17, 15) is 24.0 Å². The van der Waals surface area contributed by atoms with Crippen molar-refractivity contribution in [3.05, 3.63) is 89.8 Å². The first-order chi connectivity index (χ1) is 33.8. The number of rotatable bonds is 11. The Bertz CT molecular complexity index is 2720. The van der Waals surface area contributed by atoms with Gasteiger partial charge < -0.3 is 38.8 Å². The van der Waals surface area contributed by atoms with Crippen molar-refractivity contribution in [1.29, 1.82) is 0 Å². The number of cyclic esters (lactones) is 1. The number of esters is 1. The normalized spacial score (nSPS) is 23.8. The summed E-state index contributed by atoms with van der Waals surface area (Å²) in [5.41, 5.74) is 8.90. The fourth-order valence-corrected chi connectivity index (χ4v) is 10.9. The first-order valence-corrected chi connectivity index (χ1v) is 25.3. The monoisotopic (exact) mass is 991 g/mol. The van der Waals surface area contributed by atoms with E-state index in [1.165, 1.54) is 16.0 Å². The standard InChI is InChI=1S/C54H70N8O8S/c1-10-60-43-20-19-38-29-40(43)41(47(60)39-17-12-23-55-45(39)35(4)68-9)30-52(5,6)32-69-51(67)54(71)21-14-25-62(57-54)49(65)42(28-36-15-11-16-37(38)27-36)56-48(64)46(34(2)3)61-33-70-53(50(61)66)22-26-59(31-53)44(63)18-13-24-58(7)8/h11-13,15-20,23,27,29,34-35,42,46,57,71H,10,14,21-22,24-26,28,30-33H2,1-9H3,(H,56,64)/b18-13+/t35-,42-,46?,53+,54-/m0/s1. The van der Waals surface area contributed by atoms with Gasteiger partial charge in [-0.05, 0) is 99.6 Å². The number of carbonyl (C=O) groups is 5. The summed E-state index contributed by atoms with van der Waals surface area (Å²) in [4.78, 5) is 79.7. The van der Waals surface area contributed by atoms with Crippen LogP contribution in [0, 0.1) is 11.3 Å².